The molecule has 5 rings (SSSR count). The number of amides is 2. The minimum Gasteiger partial charge on any atom is -0.377 e. The van der Waals surface area contributed by atoms with Gasteiger partial charge in [0.05, 0.1) is 30.2 Å². The van der Waals surface area contributed by atoms with E-state index in [2.05, 4.69) is 22.5 Å². The maximum atomic E-state index is 13.9. The summed E-state index contributed by atoms with van der Waals surface area (Å²) in [6, 6.07) is 9.38. The third-order valence-electron chi connectivity index (χ3n) is 8.01. The quantitative estimate of drug-likeness (QED) is 0.525. The molecule has 3 fully saturated rings. The molecule has 1 aromatic carbocycles. The Morgan fingerprint density at radius 1 is 1.05 bits per heavy atom. The molecule has 2 aromatic rings. The molecule has 1 aromatic heterocycles. The molecule has 2 amide bonds. The summed E-state index contributed by atoms with van der Waals surface area (Å²) in [5, 5.41) is 5.43. The highest BCUT2D eigenvalue weighted by Gasteiger charge is 2.44. The van der Waals surface area contributed by atoms with E-state index in [1.54, 1.807) is 13.8 Å². The molecular weight excluding hydrogens is 502 g/mol. The van der Waals surface area contributed by atoms with Crippen LogP contribution in [0.25, 0.3) is 11.4 Å². The largest absolute Gasteiger partial charge is 0.377 e. The fourth-order valence-electron chi connectivity index (χ4n) is 5.31. The number of hydrogen-bond donors (Lipinski definition) is 2. The molecule has 1 atom stereocenters. The topological polar surface area (TPSA) is 114 Å². The Bertz CT molecular complexity index is 1250. The number of carbonyl (C=O) groups is 1. The lowest BCUT2D eigenvalue weighted by atomic mass is 10.0. The number of anilines is 2. The smallest absolute Gasteiger partial charge is 0.319 e. The SMILES string of the molecule is C[C@H]1COCCN1c1cc(C(C)(C)S(=O)(=O)C2CCCCC2)nc(-c2ccc(NC(=O)NC3CC3)cc2)n1. The number of rotatable bonds is 7. The van der Waals surface area contributed by atoms with E-state index in [0.29, 0.717) is 55.6 Å². The Labute approximate surface area is 225 Å². The van der Waals surface area contributed by atoms with Crippen LogP contribution < -0.4 is 15.5 Å². The molecule has 0 spiro atoms. The molecule has 2 heterocycles. The summed E-state index contributed by atoms with van der Waals surface area (Å²) in [5.41, 5.74) is 1.94. The van der Waals surface area contributed by atoms with E-state index < -0.39 is 14.6 Å². The van der Waals surface area contributed by atoms with Gasteiger partial charge in [-0.1, -0.05) is 19.3 Å². The first-order valence-corrected chi connectivity index (χ1v) is 15.3. The van der Waals surface area contributed by atoms with Crippen molar-refractivity contribution >= 4 is 27.4 Å². The normalized spacial score (nSPS) is 21.2. The molecule has 0 bridgehead atoms. The Hall–Kier alpha value is -2.72. The predicted octanol–water partition coefficient (Wildman–Crippen LogP) is 4.64. The zero-order chi connectivity index (χ0) is 26.9. The van der Waals surface area contributed by atoms with Gasteiger partial charge in [-0.3, -0.25) is 0 Å². The fourth-order valence-corrected chi connectivity index (χ4v) is 7.49. The molecule has 10 heteroatoms. The number of nitrogens with zero attached hydrogens (tertiary/aromatic N) is 3. The molecule has 206 valence electrons. The van der Waals surface area contributed by atoms with Crippen LogP contribution in [0.4, 0.5) is 16.3 Å². The van der Waals surface area contributed by atoms with Gasteiger partial charge < -0.3 is 20.3 Å². The molecule has 1 saturated heterocycles. The van der Waals surface area contributed by atoms with Gasteiger partial charge in [-0.15, -0.1) is 0 Å². The van der Waals surface area contributed by atoms with Gasteiger partial charge in [-0.2, -0.15) is 0 Å². The molecular formula is C28H39N5O4S. The summed E-state index contributed by atoms with van der Waals surface area (Å²) in [5.74, 6) is 1.18. The third kappa shape index (κ3) is 5.66. The summed E-state index contributed by atoms with van der Waals surface area (Å²) in [4.78, 5) is 24.0. The van der Waals surface area contributed by atoms with Gasteiger partial charge in [0.15, 0.2) is 15.7 Å². The van der Waals surface area contributed by atoms with E-state index in [1.807, 2.05) is 30.3 Å². The standard InChI is InChI=1S/C28H39N5O4S/c1-19-18-37-16-15-33(19)25-17-24(28(2,3)38(35,36)23-7-5-4-6-8-23)31-26(32-25)20-9-11-21(12-10-20)29-27(34)30-22-13-14-22/h9-12,17,19,22-23H,4-8,13-16,18H2,1-3H3,(H2,29,30,34)/t19-/m0/s1. The van der Waals surface area contributed by atoms with Crippen molar-refractivity contribution in [1.29, 1.82) is 0 Å². The second kappa shape index (κ2) is 10.8. The van der Waals surface area contributed by atoms with Crippen LogP contribution >= 0.6 is 0 Å². The first kappa shape index (κ1) is 26.9. The number of ether oxygens (including phenoxy) is 1. The fraction of sp³-hybridized carbons (Fsp3) is 0.607. The molecule has 38 heavy (non-hydrogen) atoms. The zero-order valence-corrected chi connectivity index (χ0v) is 23.4. The van der Waals surface area contributed by atoms with E-state index in [-0.39, 0.29) is 23.4 Å². The minimum atomic E-state index is -3.49. The third-order valence-corrected chi connectivity index (χ3v) is 11.0. The van der Waals surface area contributed by atoms with Crippen molar-refractivity contribution in [2.24, 2.45) is 0 Å². The van der Waals surface area contributed by atoms with Gasteiger partial charge in [-0.25, -0.2) is 23.2 Å². The van der Waals surface area contributed by atoms with Crippen molar-refractivity contribution in [2.75, 3.05) is 30.0 Å². The Balaban J connectivity index is 1.49. The second-order valence-corrected chi connectivity index (χ2v) is 14.1. The molecule has 0 radical (unpaired) electrons. The van der Waals surface area contributed by atoms with Crippen LogP contribution in [-0.4, -0.2) is 61.5 Å². The first-order valence-electron chi connectivity index (χ1n) is 13.8. The number of morpholine rings is 1. The molecule has 2 N–H and O–H groups in total. The van der Waals surface area contributed by atoms with E-state index in [0.717, 1.165) is 37.7 Å². The second-order valence-electron chi connectivity index (χ2n) is 11.3. The van der Waals surface area contributed by atoms with Gasteiger partial charge in [0.2, 0.25) is 0 Å². The van der Waals surface area contributed by atoms with Crippen molar-refractivity contribution < 1.29 is 17.9 Å². The Morgan fingerprint density at radius 3 is 2.42 bits per heavy atom. The maximum absolute atomic E-state index is 13.9. The van der Waals surface area contributed by atoms with Crippen LogP contribution in [0.1, 0.15) is 71.4 Å². The summed E-state index contributed by atoms with van der Waals surface area (Å²) >= 11 is 0. The van der Waals surface area contributed by atoms with Crippen LogP contribution in [-0.2, 0) is 19.3 Å². The van der Waals surface area contributed by atoms with Gasteiger partial charge >= 0.3 is 6.03 Å². The molecule has 1 aliphatic heterocycles. The van der Waals surface area contributed by atoms with E-state index in [9.17, 15) is 13.2 Å². The van der Waals surface area contributed by atoms with Crippen molar-refractivity contribution in [2.45, 2.75) is 87.8 Å². The molecule has 2 aliphatic carbocycles. The van der Waals surface area contributed by atoms with Crippen molar-refractivity contribution in [3.8, 4) is 11.4 Å². The Kier molecular flexibility index (Phi) is 7.64. The molecule has 0 unspecified atom stereocenters. The molecule has 3 aliphatic rings. The number of nitrogens with one attached hydrogen (secondary N) is 2. The van der Waals surface area contributed by atoms with Crippen LogP contribution in [0.2, 0.25) is 0 Å². The van der Waals surface area contributed by atoms with Crippen molar-refractivity contribution in [3.63, 3.8) is 0 Å². The number of benzene rings is 1. The lowest BCUT2D eigenvalue weighted by molar-refractivity contribution is 0.0985. The zero-order valence-electron chi connectivity index (χ0n) is 22.6. The number of aromatic nitrogens is 2. The van der Waals surface area contributed by atoms with Crippen LogP contribution in [0.5, 0.6) is 0 Å². The Morgan fingerprint density at radius 2 is 1.76 bits per heavy atom. The average molecular weight is 542 g/mol. The first-order chi connectivity index (χ1) is 18.1. The molecule has 9 nitrogen and oxygen atoms in total. The highest BCUT2D eigenvalue weighted by atomic mass is 32.2. The molecule has 2 saturated carbocycles. The average Bonchev–Trinajstić information content (AvgIpc) is 3.73. The van der Waals surface area contributed by atoms with E-state index in [1.165, 1.54) is 0 Å². The van der Waals surface area contributed by atoms with Crippen molar-refractivity contribution in [3.05, 3.63) is 36.0 Å². The predicted molar refractivity (Wildman–Crippen MR) is 149 cm³/mol. The van der Waals surface area contributed by atoms with Gasteiger partial charge in [0.1, 0.15) is 10.6 Å². The highest BCUT2D eigenvalue weighted by Crippen LogP contribution is 2.39. The van der Waals surface area contributed by atoms with E-state index >= 15 is 0 Å². The van der Waals surface area contributed by atoms with Gasteiger partial charge in [0, 0.05) is 29.9 Å². The summed E-state index contributed by atoms with van der Waals surface area (Å²) in [7, 11) is -3.49. The number of hydrogen-bond acceptors (Lipinski definition) is 7. The van der Waals surface area contributed by atoms with Gasteiger partial charge in [0.25, 0.3) is 0 Å². The summed E-state index contributed by atoms with van der Waals surface area (Å²) < 4.78 is 32.3. The number of carbonyl (C=O) groups excluding carboxylic acids is 1. The highest BCUT2D eigenvalue weighted by molar-refractivity contribution is 7.92. The maximum Gasteiger partial charge on any atom is 0.319 e. The lowest BCUT2D eigenvalue weighted by Crippen LogP contribution is -2.44. The number of urea groups is 1. The van der Waals surface area contributed by atoms with Crippen LogP contribution in [0.15, 0.2) is 30.3 Å². The summed E-state index contributed by atoms with van der Waals surface area (Å²) in [6.45, 7) is 7.49. The van der Waals surface area contributed by atoms with Crippen LogP contribution in [0, 0.1) is 0 Å². The van der Waals surface area contributed by atoms with Crippen molar-refractivity contribution in [1.82, 2.24) is 15.3 Å². The minimum absolute atomic E-state index is 0.106. The monoisotopic (exact) mass is 541 g/mol. The summed E-state index contributed by atoms with van der Waals surface area (Å²) in [6.07, 6.45) is 6.46. The van der Waals surface area contributed by atoms with Crippen LogP contribution in [0.3, 0.4) is 0 Å². The number of sulfone groups is 1. The lowest BCUT2D eigenvalue weighted by Gasteiger charge is -2.36. The van der Waals surface area contributed by atoms with E-state index in [4.69, 9.17) is 14.7 Å². The van der Waals surface area contributed by atoms with Gasteiger partial charge in [-0.05, 0) is 70.7 Å².